The van der Waals surface area contributed by atoms with Crippen LogP contribution in [0.5, 0.6) is 11.5 Å². The molecule has 6 nitrogen and oxygen atoms in total. The van der Waals surface area contributed by atoms with E-state index < -0.39 is 6.10 Å². The highest BCUT2D eigenvalue weighted by Crippen LogP contribution is 2.33. The summed E-state index contributed by atoms with van der Waals surface area (Å²) in [7, 11) is 1.63. The van der Waals surface area contributed by atoms with Crippen LogP contribution in [0.4, 0.5) is 5.69 Å². The fourth-order valence-electron chi connectivity index (χ4n) is 2.86. The summed E-state index contributed by atoms with van der Waals surface area (Å²) in [6.07, 6.45) is 0.108. The Morgan fingerprint density at radius 2 is 1.92 bits per heavy atom. The van der Waals surface area contributed by atoms with Gasteiger partial charge >= 0.3 is 0 Å². The van der Waals surface area contributed by atoms with Crippen molar-refractivity contribution in [1.82, 2.24) is 5.32 Å². The van der Waals surface area contributed by atoms with Gasteiger partial charge in [-0.25, -0.2) is 0 Å². The highest BCUT2D eigenvalue weighted by Gasteiger charge is 2.32. The number of nitrogens with zero attached hydrogens (tertiary/aromatic N) is 1. The normalized spacial score (nSPS) is 15.8. The van der Waals surface area contributed by atoms with Crippen LogP contribution in [0.15, 0.2) is 48.5 Å². The number of carbonyl (C=O) groups is 2. The van der Waals surface area contributed by atoms with Crippen LogP contribution in [-0.4, -0.2) is 38.1 Å². The molecule has 0 saturated heterocycles. The van der Waals surface area contributed by atoms with E-state index in [-0.39, 0.29) is 18.4 Å². The van der Waals surface area contributed by atoms with Gasteiger partial charge in [-0.15, -0.1) is 0 Å². The molecule has 0 fully saturated rings. The maximum absolute atomic E-state index is 12.4. The third kappa shape index (κ3) is 3.96. The number of hydrogen-bond acceptors (Lipinski definition) is 4. The van der Waals surface area contributed by atoms with Crippen molar-refractivity contribution in [2.75, 3.05) is 25.1 Å². The van der Waals surface area contributed by atoms with Gasteiger partial charge in [-0.3, -0.25) is 14.5 Å². The van der Waals surface area contributed by atoms with Crippen LogP contribution in [-0.2, 0) is 16.0 Å². The molecule has 2 aromatic rings. The first-order valence-corrected chi connectivity index (χ1v) is 8.55. The van der Waals surface area contributed by atoms with E-state index in [9.17, 15) is 9.59 Å². The lowest BCUT2D eigenvalue weighted by atomic mass is 10.1. The molecule has 1 aliphatic heterocycles. The Hall–Kier alpha value is -3.02. The molecule has 136 valence electrons. The third-order valence-corrected chi connectivity index (χ3v) is 4.27. The van der Waals surface area contributed by atoms with Crippen LogP contribution in [0.2, 0.25) is 0 Å². The lowest BCUT2D eigenvalue weighted by Crippen LogP contribution is -2.49. The van der Waals surface area contributed by atoms with Crippen molar-refractivity contribution in [3.05, 3.63) is 54.1 Å². The Kier molecular flexibility index (Phi) is 5.41. The summed E-state index contributed by atoms with van der Waals surface area (Å²) in [5, 5.41) is 2.87. The SMILES string of the molecule is COc1ccc(CCNC(=O)CN2C(=O)C(C)Oc3ccccc32)cc1. The van der Waals surface area contributed by atoms with E-state index in [0.717, 1.165) is 11.3 Å². The van der Waals surface area contributed by atoms with Crippen molar-refractivity contribution < 1.29 is 19.1 Å². The third-order valence-electron chi connectivity index (χ3n) is 4.27. The minimum absolute atomic E-state index is 0.0217. The molecular weight excluding hydrogens is 332 g/mol. The number of ether oxygens (including phenoxy) is 2. The summed E-state index contributed by atoms with van der Waals surface area (Å²) in [4.78, 5) is 26.2. The fraction of sp³-hybridized carbons (Fsp3) is 0.300. The van der Waals surface area contributed by atoms with E-state index in [1.807, 2.05) is 36.4 Å². The van der Waals surface area contributed by atoms with E-state index in [2.05, 4.69) is 5.32 Å². The molecule has 1 N–H and O–H groups in total. The number of methoxy groups -OCH3 is 1. The zero-order valence-corrected chi connectivity index (χ0v) is 14.9. The number of fused-ring (bicyclic) bond motifs is 1. The largest absolute Gasteiger partial charge is 0.497 e. The van der Waals surface area contributed by atoms with Crippen molar-refractivity contribution >= 4 is 17.5 Å². The monoisotopic (exact) mass is 354 g/mol. The lowest BCUT2D eigenvalue weighted by Gasteiger charge is -2.32. The van der Waals surface area contributed by atoms with E-state index >= 15 is 0 Å². The molecule has 1 atom stereocenters. The number of para-hydroxylation sites is 2. The molecule has 0 spiro atoms. The minimum Gasteiger partial charge on any atom is -0.497 e. The maximum Gasteiger partial charge on any atom is 0.268 e. The van der Waals surface area contributed by atoms with Crippen molar-refractivity contribution in [2.24, 2.45) is 0 Å². The summed E-state index contributed by atoms with van der Waals surface area (Å²) < 4.78 is 10.7. The van der Waals surface area contributed by atoms with E-state index in [0.29, 0.717) is 24.4 Å². The number of benzene rings is 2. The van der Waals surface area contributed by atoms with Crippen LogP contribution in [0.3, 0.4) is 0 Å². The van der Waals surface area contributed by atoms with Crippen molar-refractivity contribution in [3.63, 3.8) is 0 Å². The average molecular weight is 354 g/mol. The fourth-order valence-corrected chi connectivity index (χ4v) is 2.86. The van der Waals surface area contributed by atoms with E-state index in [4.69, 9.17) is 9.47 Å². The Labute approximate surface area is 152 Å². The molecule has 3 rings (SSSR count). The van der Waals surface area contributed by atoms with E-state index in [1.54, 1.807) is 26.2 Å². The number of nitrogens with one attached hydrogen (secondary N) is 1. The Morgan fingerprint density at radius 3 is 2.65 bits per heavy atom. The molecule has 0 saturated carbocycles. The maximum atomic E-state index is 12.4. The predicted molar refractivity (Wildman–Crippen MR) is 98.6 cm³/mol. The van der Waals surface area contributed by atoms with Crippen molar-refractivity contribution in [1.29, 1.82) is 0 Å². The van der Waals surface area contributed by atoms with Gasteiger partial charge in [0, 0.05) is 6.54 Å². The highest BCUT2D eigenvalue weighted by molar-refractivity contribution is 6.03. The molecule has 0 aromatic heterocycles. The minimum atomic E-state index is -0.600. The molecular formula is C20H22N2O4. The van der Waals surface area contributed by atoms with Crippen LogP contribution >= 0.6 is 0 Å². The number of hydrogen-bond donors (Lipinski definition) is 1. The number of carbonyl (C=O) groups excluding carboxylic acids is 2. The summed E-state index contributed by atoms with van der Waals surface area (Å²) in [5.41, 5.74) is 1.73. The molecule has 2 amide bonds. The first-order chi connectivity index (χ1) is 12.6. The van der Waals surface area contributed by atoms with E-state index in [1.165, 1.54) is 4.90 Å². The van der Waals surface area contributed by atoms with Crippen LogP contribution in [0, 0.1) is 0 Å². The van der Waals surface area contributed by atoms with Crippen molar-refractivity contribution in [2.45, 2.75) is 19.4 Å². The van der Waals surface area contributed by atoms with Crippen molar-refractivity contribution in [3.8, 4) is 11.5 Å². The second-order valence-corrected chi connectivity index (χ2v) is 6.10. The molecule has 0 bridgehead atoms. The lowest BCUT2D eigenvalue weighted by molar-refractivity contribution is -0.128. The first-order valence-electron chi connectivity index (χ1n) is 8.55. The number of rotatable bonds is 6. The highest BCUT2D eigenvalue weighted by atomic mass is 16.5. The average Bonchev–Trinajstić information content (AvgIpc) is 2.66. The predicted octanol–water partition coefficient (Wildman–Crippen LogP) is 2.17. The van der Waals surface area contributed by atoms with Gasteiger partial charge < -0.3 is 14.8 Å². The summed E-state index contributed by atoms with van der Waals surface area (Å²) in [6, 6.07) is 15.0. The van der Waals surface area contributed by atoms with Crippen LogP contribution < -0.4 is 19.7 Å². The van der Waals surface area contributed by atoms with Gasteiger partial charge in [-0.05, 0) is 43.2 Å². The molecule has 1 aliphatic rings. The van der Waals surface area contributed by atoms with Gasteiger partial charge in [0.2, 0.25) is 5.91 Å². The smallest absolute Gasteiger partial charge is 0.268 e. The Bertz CT molecular complexity index is 789. The van der Waals surface area contributed by atoms with Gasteiger partial charge in [0.15, 0.2) is 6.10 Å². The summed E-state index contributed by atoms with van der Waals surface area (Å²) in [5.74, 6) is 1.01. The zero-order valence-electron chi connectivity index (χ0n) is 14.9. The molecule has 6 heteroatoms. The van der Waals surface area contributed by atoms with Gasteiger partial charge in [0.1, 0.15) is 18.0 Å². The molecule has 0 radical (unpaired) electrons. The zero-order chi connectivity index (χ0) is 18.5. The van der Waals surface area contributed by atoms with Gasteiger partial charge in [0.25, 0.3) is 5.91 Å². The first kappa shape index (κ1) is 17.8. The Balaban J connectivity index is 1.56. The quantitative estimate of drug-likeness (QED) is 0.863. The topological polar surface area (TPSA) is 67.9 Å². The molecule has 2 aromatic carbocycles. The number of amides is 2. The Morgan fingerprint density at radius 1 is 1.19 bits per heavy atom. The second kappa shape index (κ2) is 7.91. The standard InChI is InChI=1S/C20H22N2O4/c1-14-20(24)22(17-5-3-4-6-18(17)26-14)13-19(23)21-12-11-15-7-9-16(25-2)10-8-15/h3-10,14H,11-13H2,1-2H3,(H,21,23). The summed E-state index contributed by atoms with van der Waals surface area (Å²) >= 11 is 0. The van der Waals surface area contributed by atoms with Gasteiger partial charge in [-0.2, -0.15) is 0 Å². The number of anilines is 1. The van der Waals surface area contributed by atoms with Gasteiger partial charge in [-0.1, -0.05) is 24.3 Å². The molecule has 26 heavy (non-hydrogen) atoms. The molecule has 1 unspecified atom stereocenters. The summed E-state index contributed by atoms with van der Waals surface area (Å²) in [6.45, 7) is 2.17. The molecule has 0 aliphatic carbocycles. The van der Waals surface area contributed by atoms with Gasteiger partial charge in [0.05, 0.1) is 12.8 Å². The van der Waals surface area contributed by atoms with Crippen LogP contribution in [0.25, 0.3) is 0 Å². The molecule has 1 heterocycles. The second-order valence-electron chi connectivity index (χ2n) is 6.10. The van der Waals surface area contributed by atoms with Crippen LogP contribution in [0.1, 0.15) is 12.5 Å².